The second-order valence-electron chi connectivity index (χ2n) is 7.89. The van der Waals surface area contributed by atoms with Crippen molar-refractivity contribution in [3.05, 3.63) is 73.2 Å². The number of rotatable bonds is 8. The number of anilines is 3. The number of ether oxygens (including phenoxy) is 1. The molecule has 0 spiro atoms. The maximum absolute atomic E-state index is 5.77. The summed E-state index contributed by atoms with van der Waals surface area (Å²) in [4.78, 5) is 18.4. The highest BCUT2D eigenvalue weighted by Gasteiger charge is 2.19. The molecule has 8 heteroatoms. The number of pyridine rings is 1. The molecule has 2 aromatic carbocycles. The maximum atomic E-state index is 5.77. The van der Waals surface area contributed by atoms with Gasteiger partial charge in [-0.15, -0.1) is 0 Å². The Bertz CT molecular complexity index is 1380. The first kappa shape index (κ1) is 20.7. The first-order valence-corrected chi connectivity index (χ1v) is 11.0. The lowest BCUT2D eigenvalue weighted by atomic mass is 10.1. The monoisotopic (exact) mass is 439 g/mol. The molecule has 0 atom stereocenters. The Hall–Kier alpha value is -4.20. The number of hydrogen-bond acceptors (Lipinski definition) is 7. The average molecular weight is 440 g/mol. The lowest BCUT2D eigenvalue weighted by Gasteiger charge is -2.14. The summed E-state index contributed by atoms with van der Waals surface area (Å²) in [5, 5.41) is 8.90. The Morgan fingerprint density at radius 2 is 1.73 bits per heavy atom. The van der Waals surface area contributed by atoms with E-state index in [2.05, 4.69) is 50.1 Å². The van der Waals surface area contributed by atoms with Gasteiger partial charge in [0, 0.05) is 17.6 Å². The smallest absolute Gasteiger partial charge is 0.211 e. The zero-order valence-electron chi connectivity index (χ0n) is 18.6. The number of hydrogen-bond donors (Lipinski definition) is 2. The molecule has 0 saturated carbocycles. The van der Waals surface area contributed by atoms with Gasteiger partial charge in [0.1, 0.15) is 24.5 Å². The van der Waals surface area contributed by atoms with Gasteiger partial charge in [-0.25, -0.2) is 19.9 Å². The predicted octanol–water partition coefficient (Wildman–Crippen LogP) is 5.19. The SMILES string of the molecule is CC(C)n1c(Nc2nccc3ccccc23)nc2c(NCCOc3ccccc3)ncnc21. The Labute approximate surface area is 191 Å². The zero-order valence-corrected chi connectivity index (χ0v) is 18.6. The van der Waals surface area contributed by atoms with Crippen molar-refractivity contribution in [3.8, 4) is 5.75 Å². The Morgan fingerprint density at radius 3 is 2.58 bits per heavy atom. The third-order valence-corrected chi connectivity index (χ3v) is 5.30. The highest BCUT2D eigenvalue weighted by Crippen LogP contribution is 2.30. The predicted molar refractivity (Wildman–Crippen MR) is 131 cm³/mol. The Kier molecular flexibility index (Phi) is 5.72. The number of para-hydroxylation sites is 1. The molecular weight excluding hydrogens is 414 g/mol. The van der Waals surface area contributed by atoms with E-state index in [-0.39, 0.29) is 6.04 Å². The minimum Gasteiger partial charge on any atom is -0.492 e. The number of nitrogens with zero attached hydrogens (tertiary/aromatic N) is 5. The Morgan fingerprint density at radius 1 is 0.909 bits per heavy atom. The van der Waals surface area contributed by atoms with E-state index in [0.717, 1.165) is 28.0 Å². The van der Waals surface area contributed by atoms with Crippen LogP contribution in [0.15, 0.2) is 73.2 Å². The van der Waals surface area contributed by atoms with Crippen LogP contribution in [0.3, 0.4) is 0 Å². The third-order valence-electron chi connectivity index (χ3n) is 5.30. The molecule has 0 saturated heterocycles. The first-order valence-electron chi connectivity index (χ1n) is 11.0. The standard InChI is InChI=1S/C25H25N7O/c1-17(2)32-24-21(23(28-16-29-24)27-14-15-33-19-9-4-3-5-10-19)30-25(32)31-22-20-11-7-6-8-18(20)12-13-26-22/h3-13,16-17H,14-15H2,1-2H3,(H,26,30,31)(H,27,28,29). The van der Waals surface area contributed by atoms with Crippen LogP contribution in [-0.4, -0.2) is 37.7 Å². The Balaban J connectivity index is 1.43. The van der Waals surface area contributed by atoms with Crippen LogP contribution in [0.1, 0.15) is 19.9 Å². The van der Waals surface area contributed by atoms with Crippen molar-refractivity contribution in [1.82, 2.24) is 24.5 Å². The van der Waals surface area contributed by atoms with E-state index in [1.807, 2.05) is 54.6 Å². The molecule has 5 aromatic rings. The average Bonchev–Trinajstić information content (AvgIpc) is 3.22. The molecule has 0 aliphatic carbocycles. The van der Waals surface area contributed by atoms with Crippen LogP contribution >= 0.6 is 0 Å². The zero-order chi connectivity index (χ0) is 22.6. The number of fused-ring (bicyclic) bond motifs is 2. The summed E-state index contributed by atoms with van der Waals surface area (Å²) in [7, 11) is 0. The van der Waals surface area contributed by atoms with E-state index < -0.39 is 0 Å². The highest BCUT2D eigenvalue weighted by molar-refractivity contribution is 5.93. The second-order valence-corrected chi connectivity index (χ2v) is 7.89. The number of benzene rings is 2. The molecule has 166 valence electrons. The fourth-order valence-electron chi connectivity index (χ4n) is 3.80. The number of nitrogens with one attached hydrogen (secondary N) is 2. The van der Waals surface area contributed by atoms with Gasteiger partial charge >= 0.3 is 0 Å². The molecule has 0 unspecified atom stereocenters. The molecule has 0 amide bonds. The molecule has 0 aliphatic heterocycles. The molecule has 0 bridgehead atoms. The van der Waals surface area contributed by atoms with Gasteiger partial charge in [-0.3, -0.25) is 4.57 Å². The topological polar surface area (TPSA) is 89.8 Å². The molecule has 3 aromatic heterocycles. The van der Waals surface area contributed by atoms with Gasteiger partial charge in [-0.05, 0) is 37.4 Å². The maximum Gasteiger partial charge on any atom is 0.211 e. The van der Waals surface area contributed by atoms with Crippen LogP contribution in [0.2, 0.25) is 0 Å². The van der Waals surface area contributed by atoms with Crippen molar-refractivity contribution < 1.29 is 4.74 Å². The fourth-order valence-corrected chi connectivity index (χ4v) is 3.80. The molecule has 8 nitrogen and oxygen atoms in total. The van der Waals surface area contributed by atoms with Crippen molar-refractivity contribution >= 4 is 39.5 Å². The van der Waals surface area contributed by atoms with Gasteiger partial charge in [0.15, 0.2) is 17.0 Å². The molecule has 3 heterocycles. The van der Waals surface area contributed by atoms with Crippen molar-refractivity contribution in [2.45, 2.75) is 19.9 Å². The normalized spacial score (nSPS) is 11.2. The van der Waals surface area contributed by atoms with E-state index in [4.69, 9.17) is 9.72 Å². The van der Waals surface area contributed by atoms with E-state index >= 15 is 0 Å². The largest absolute Gasteiger partial charge is 0.492 e. The van der Waals surface area contributed by atoms with Gasteiger partial charge in [0.25, 0.3) is 0 Å². The molecule has 2 N–H and O–H groups in total. The van der Waals surface area contributed by atoms with Crippen LogP contribution in [0, 0.1) is 0 Å². The van der Waals surface area contributed by atoms with Crippen LogP contribution in [0.4, 0.5) is 17.6 Å². The van der Waals surface area contributed by atoms with Gasteiger partial charge < -0.3 is 15.4 Å². The minimum atomic E-state index is 0.136. The number of aromatic nitrogens is 5. The minimum absolute atomic E-state index is 0.136. The molecule has 0 fully saturated rings. The van der Waals surface area contributed by atoms with Crippen LogP contribution in [0.5, 0.6) is 5.75 Å². The van der Waals surface area contributed by atoms with Gasteiger partial charge in [0.05, 0.1) is 6.54 Å². The molecule has 5 rings (SSSR count). The highest BCUT2D eigenvalue weighted by atomic mass is 16.5. The summed E-state index contributed by atoms with van der Waals surface area (Å²) in [6.07, 6.45) is 3.36. The summed E-state index contributed by atoms with van der Waals surface area (Å²) in [6.45, 7) is 5.30. The van der Waals surface area contributed by atoms with E-state index in [9.17, 15) is 0 Å². The molecule has 0 radical (unpaired) electrons. The van der Waals surface area contributed by atoms with E-state index in [1.165, 1.54) is 0 Å². The third kappa shape index (κ3) is 4.27. The first-order chi connectivity index (χ1) is 16.2. The van der Waals surface area contributed by atoms with E-state index in [1.54, 1.807) is 12.5 Å². The van der Waals surface area contributed by atoms with Gasteiger partial charge in [-0.2, -0.15) is 0 Å². The fraction of sp³-hybridized carbons (Fsp3) is 0.200. The van der Waals surface area contributed by atoms with Crippen LogP contribution in [-0.2, 0) is 0 Å². The number of imidazole rings is 1. The van der Waals surface area contributed by atoms with Crippen molar-refractivity contribution in [2.24, 2.45) is 0 Å². The summed E-state index contributed by atoms with van der Waals surface area (Å²) < 4.78 is 7.84. The summed E-state index contributed by atoms with van der Waals surface area (Å²) in [6, 6.07) is 20.0. The van der Waals surface area contributed by atoms with Gasteiger partial charge in [-0.1, -0.05) is 42.5 Å². The second kappa shape index (κ2) is 9.12. The summed E-state index contributed by atoms with van der Waals surface area (Å²) in [5.41, 5.74) is 1.46. The van der Waals surface area contributed by atoms with Crippen LogP contribution in [0.25, 0.3) is 21.9 Å². The van der Waals surface area contributed by atoms with Crippen molar-refractivity contribution in [1.29, 1.82) is 0 Å². The molecule has 33 heavy (non-hydrogen) atoms. The van der Waals surface area contributed by atoms with Crippen LogP contribution < -0.4 is 15.4 Å². The summed E-state index contributed by atoms with van der Waals surface area (Å²) >= 11 is 0. The lowest BCUT2D eigenvalue weighted by Crippen LogP contribution is -2.13. The molecule has 0 aliphatic rings. The van der Waals surface area contributed by atoms with Crippen molar-refractivity contribution in [2.75, 3.05) is 23.8 Å². The van der Waals surface area contributed by atoms with Gasteiger partial charge in [0.2, 0.25) is 5.95 Å². The van der Waals surface area contributed by atoms with Crippen molar-refractivity contribution in [3.63, 3.8) is 0 Å². The molecular formula is C25H25N7O. The quantitative estimate of drug-likeness (QED) is 0.322. The van der Waals surface area contributed by atoms with E-state index in [0.29, 0.717) is 30.4 Å². The summed E-state index contributed by atoms with van der Waals surface area (Å²) in [5.74, 6) is 2.94. The lowest BCUT2D eigenvalue weighted by molar-refractivity contribution is 0.333.